The molecule has 1 aliphatic heterocycles. The summed E-state index contributed by atoms with van der Waals surface area (Å²) in [5.74, 6) is 0.783. The second-order valence-corrected chi connectivity index (χ2v) is 8.26. The van der Waals surface area contributed by atoms with E-state index in [1.165, 1.54) is 10.7 Å². The Hall–Kier alpha value is -3.12. The van der Waals surface area contributed by atoms with Crippen molar-refractivity contribution in [3.63, 3.8) is 0 Å². The number of aromatic nitrogens is 2. The molecule has 0 spiro atoms. The lowest BCUT2D eigenvalue weighted by Gasteiger charge is -2.32. The van der Waals surface area contributed by atoms with Crippen molar-refractivity contribution in [2.45, 2.75) is 25.8 Å². The summed E-state index contributed by atoms with van der Waals surface area (Å²) >= 11 is 6.06. The number of nitrogens with zero attached hydrogens (tertiary/aromatic N) is 3. The van der Waals surface area contributed by atoms with Gasteiger partial charge < -0.3 is 10.2 Å². The Morgan fingerprint density at radius 2 is 1.81 bits per heavy atom. The van der Waals surface area contributed by atoms with Crippen molar-refractivity contribution >= 4 is 23.3 Å². The standard InChI is InChI=1S/C24H25ClN4O2/c1-17(18-6-3-2-4-7-18)26-24(31)19-12-14-28(15-13-19)22-10-11-23(30)29(27-22)21-9-5-8-20(25)16-21/h2-11,16-17,19H,12-15H2,1H3,(H,26,31)/t17-/m1/s1. The molecular weight excluding hydrogens is 412 g/mol. The minimum atomic E-state index is -0.213. The maximum atomic E-state index is 12.7. The molecular formula is C24H25ClN4O2. The molecule has 160 valence electrons. The van der Waals surface area contributed by atoms with Gasteiger partial charge in [0.05, 0.1) is 11.7 Å². The fourth-order valence-electron chi connectivity index (χ4n) is 3.89. The number of hydrogen-bond donors (Lipinski definition) is 1. The van der Waals surface area contributed by atoms with Gasteiger partial charge in [0.1, 0.15) is 5.82 Å². The van der Waals surface area contributed by atoms with Crippen molar-refractivity contribution in [1.29, 1.82) is 0 Å². The Kier molecular flexibility index (Phi) is 6.37. The lowest BCUT2D eigenvalue weighted by molar-refractivity contribution is -0.126. The number of halogens is 1. The first kappa shape index (κ1) is 21.1. The normalized spacial score (nSPS) is 15.5. The highest BCUT2D eigenvalue weighted by Crippen LogP contribution is 2.23. The van der Waals surface area contributed by atoms with Crippen LogP contribution in [0.15, 0.2) is 71.5 Å². The Morgan fingerprint density at radius 1 is 1.06 bits per heavy atom. The fourth-order valence-corrected chi connectivity index (χ4v) is 4.07. The highest BCUT2D eigenvalue weighted by atomic mass is 35.5. The zero-order chi connectivity index (χ0) is 21.8. The van der Waals surface area contributed by atoms with E-state index in [-0.39, 0.29) is 23.4 Å². The van der Waals surface area contributed by atoms with Crippen molar-refractivity contribution in [1.82, 2.24) is 15.1 Å². The van der Waals surface area contributed by atoms with Crippen LogP contribution < -0.4 is 15.8 Å². The van der Waals surface area contributed by atoms with E-state index in [0.717, 1.165) is 24.2 Å². The van der Waals surface area contributed by atoms with Gasteiger partial charge in [0.25, 0.3) is 5.56 Å². The lowest BCUT2D eigenvalue weighted by Crippen LogP contribution is -2.42. The third kappa shape index (κ3) is 4.97. The number of piperidine rings is 1. The molecule has 1 atom stereocenters. The molecule has 1 saturated heterocycles. The van der Waals surface area contributed by atoms with Crippen LogP contribution in [-0.4, -0.2) is 28.8 Å². The van der Waals surface area contributed by atoms with Crippen LogP contribution in [0.5, 0.6) is 0 Å². The maximum Gasteiger partial charge on any atom is 0.271 e. The number of carbonyl (C=O) groups is 1. The summed E-state index contributed by atoms with van der Waals surface area (Å²) in [6, 6.07) is 20.3. The molecule has 0 bridgehead atoms. The van der Waals surface area contributed by atoms with E-state index < -0.39 is 0 Å². The van der Waals surface area contributed by atoms with Crippen LogP contribution in [0.25, 0.3) is 5.69 Å². The number of rotatable bonds is 5. The first-order valence-electron chi connectivity index (χ1n) is 10.5. The van der Waals surface area contributed by atoms with E-state index in [2.05, 4.69) is 15.3 Å². The largest absolute Gasteiger partial charge is 0.355 e. The third-order valence-electron chi connectivity index (χ3n) is 5.69. The zero-order valence-electron chi connectivity index (χ0n) is 17.4. The lowest BCUT2D eigenvalue weighted by atomic mass is 9.95. The second-order valence-electron chi connectivity index (χ2n) is 7.82. The zero-order valence-corrected chi connectivity index (χ0v) is 18.1. The van der Waals surface area contributed by atoms with Gasteiger partial charge in [0.15, 0.2) is 0 Å². The van der Waals surface area contributed by atoms with Gasteiger partial charge in [0.2, 0.25) is 5.91 Å². The van der Waals surface area contributed by atoms with Crippen molar-refractivity contribution in [2.75, 3.05) is 18.0 Å². The molecule has 1 N–H and O–H groups in total. The molecule has 2 heterocycles. The van der Waals surface area contributed by atoms with E-state index in [0.29, 0.717) is 23.8 Å². The fraction of sp³-hybridized carbons (Fsp3) is 0.292. The van der Waals surface area contributed by atoms with Crippen LogP contribution in [0.1, 0.15) is 31.4 Å². The predicted molar refractivity (Wildman–Crippen MR) is 123 cm³/mol. The number of nitrogens with one attached hydrogen (secondary N) is 1. The van der Waals surface area contributed by atoms with Gasteiger partial charge in [0, 0.05) is 30.1 Å². The molecule has 1 aliphatic rings. The molecule has 0 saturated carbocycles. The molecule has 7 heteroatoms. The summed E-state index contributed by atoms with van der Waals surface area (Å²) in [6.45, 7) is 3.42. The van der Waals surface area contributed by atoms with Crippen molar-refractivity contribution in [3.8, 4) is 5.69 Å². The van der Waals surface area contributed by atoms with Crippen LogP contribution in [0.4, 0.5) is 5.82 Å². The van der Waals surface area contributed by atoms with Gasteiger partial charge in [-0.2, -0.15) is 4.68 Å². The van der Waals surface area contributed by atoms with Crippen LogP contribution in [-0.2, 0) is 4.79 Å². The van der Waals surface area contributed by atoms with E-state index >= 15 is 0 Å². The van der Waals surface area contributed by atoms with Crippen LogP contribution in [0, 0.1) is 5.92 Å². The highest BCUT2D eigenvalue weighted by Gasteiger charge is 2.27. The second kappa shape index (κ2) is 9.35. The number of carbonyl (C=O) groups excluding carboxylic acids is 1. The van der Waals surface area contributed by atoms with E-state index in [9.17, 15) is 9.59 Å². The molecule has 1 amide bonds. The summed E-state index contributed by atoms with van der Waals surface area (Å²) in [7, 11) is 0. The topological polar surface area (TPSA) is 67.2 Å². The summed E-state index contributed by atoms with van der Waals surface area (Å²) in [5.41, 5.74) is 1.51. The Bertz CT molecular complexity index is 1110. The Balaban J connectivity index is 1.40. The third-order valence-corrected chi connectivity index (χ3v) is 5.92. The average molecular weight is 437 g/mol. The van der Waals surface area contributed by atoms with Crippen LogP contribution >= 0.6 is 11.6 Å². The molecule has 31 heavy (non-hydrogen) atoms. The van der Waals surface area contributed by atoms with Gasteiger partial charge in [-0.05, 0) is 49.6 Å². The van der Waals surface area contributed by atoms with Gasteiger partial charge in [-0.3, -0.25) is 9.59 Å². The molecule has 0 aliphatic carbocycles. The highest BCUT2D eigenvalue weighted by molar-refractivity contribution is 6.30. The van der Waals surface area contributed by atoms with Gasteiger partial charge in [-0.1, -0.05) is 48.0 Å². The predicted octanol–water partition coefficient (Wildman–Crippen LogP) is 3.98. The molecule has 1 aromatic heterocycles. The van der Waals surface area contributed by atoms with Gasteiger partial charge in [-0.15, -0.1) is 5.10 Å². The summed E-state index contributed by atoms with van der Waals surface area (Å²) in [5, 5.41) is 8.22. The van der Waals surface area contributed by atoms with Crippen molar-refractivity contribution in [2.24, 2.45) is 5.92 Å². The van der Waals surface area contributed by atoms with E-state index in [4.69, 9.17) is 11.6 Å². The van der Waals surface area contributed by atoms with Crippen LogP contribution in [0.2, 0.25) is 5.02 Å². The summed E-state index contributed by atoms with van der Waals surface area (Å²) in [4.78, 5) is 27.2. The summed E-state index contributed by atoms with van der Waals surface area (Å²) in [6.07, 6.45) is 1.48. The number of benzene rings is 2. The van der Waals surface area contributed by atoms with Crippen molar-refractivity contribution in [3.05, 3.63) is 87.7 Å². The molecule has 1 fully saturated rings. The minimum Gasteiger partial charge on any atom is -0.355 e. The number of hydrogen-bond acceptors (Lipinski definition) is 4. The van der Waals surface area contributed by atoms with E-state index in [1.54, 1.807) is 30.3 Å². The monoisotopic (exact) mass is 436 g/mol. The molecule has 6 nitrogen and oxygen atoms in total. The summed E-state index contributed by atoms with van der Waals surface area (Å²) < 4.78 is 1.36. The van der Waals surface area contributed by atoms with Crippen LogP contribution in [0.3, 0.4) is 0 Å². The average Bonchev–Trinajstić information content (AvgIpc) is 2.80. The number of amides is 1. The minimum absolute atomic E-state index is 0.0188. The molecule has 3 aromatic rings. The quantitative estimate of drug-likeness (QED) is 0.657. The van der Waals surface area contributed by atoms with E-state index in [1.807, 2.05) is 37.3 Å². The number of anilines is 1. The molecule has 2 aromatic carbocycles. The SMILES string of the molecule is C[C@@H](NC(=O)C1CCN(c2ccc(=O)n(-c3cccc(Cl)c3)n2)CC1)c1ccccc1. The molecule has 4 rings (SSSR count). The molecule has 0 unspecified atom stereocenters. The van der Waals surface area contributed by atoms with Crippen molar-refractivity contribution < 1.29 is 4.79 Å². The first-order chi connectivity index (χ1) is 15.0. The smallest absolute Gasteiger partial charge is 0.271 e. The first-order valence-corrected chi connectivity index (χ1v) is 10.9. The van der Waals surface area contributed by atoms with Gasteiger partial charge in [-0.25, -0.2) is 0 Å². The maximum absolute atomic E-state index is 12.7. The molecule has 0 radical (unpaired) electrons. The Labute approximate surface area is 186 Å². The van der Waals surface area contributed by atoms with Gasteiger partial charge >= 0.3 is 0 Å². The Morgan fingerprint density at radius 3 is 2.52 bits per heavy atom.